The maximum absolute atomic E-state index is 13.1. The van der Waals surface area contributed by atoms with E-state index in [0.29, 0.717) is 42.4 Å². The van der Waals surface area contributed by atoms with Crippen LogP contribution in [0.25, 0.3) is 0 Å². The smallest absolute Gasteiger partial charge is 0.305 e. The summed E-state index contributed by atoms with van der Waals surface area (Å²) in [6.07, 6.45) is 4.95. The molecule has 0 radical (unpaired) electrons. The minimum atomic E-state index is -0.250. The Kier molecular flexibility index (Phi) is 9.56. The van der Waals surface area contributed by atoms with Gasteiger partial charge in [-0.15, -0.1) is 0 Å². The van der Waals surface area contributed by atoms with Gasteiger partial charge in [0.1, 0.15) is 0 Å². The molecule has 1 atom stereocenters. The van der Waals surface area contributed by atoms with Crippen LogP contribution in [0.4, 0.5) is 0 Å². The van der Waals surface area contributed by atoms with Crippen molar-refractivity contribution in [1.29, 1.82) is 0 Å². The van der Waals surface area contributed by atoms with E-state index in [1.165, 1.54) is 0 Å². The molecule has 0 saturated carbocycles. The minimum Gasteiger partial charge on any atom is -0.493 e. The number of rotatable bonds is 12. The van der Waals surface area contributed by atoms with Crippen LogP contribution in [0.15, 0.2) is 36.4 Å². The van der Waals surface area contributed by atoms with E-state index in [1.54, 1.807) is 21.1 Å². The van der Waals surface area contributed by atoms with E-state index in [-0.39, 0.29) is 29.9 Å². The zero-order chi connectivity index (χ0) is 27.1. The average molecular weight is 522 g/mol. The first-order valence-corrected chi connectivity index (χ1v) is 13.7. The number of ether oxygens (including phenoxy) is 3. The van der Waals surface area contributed by atoms with Gasteiger partial charge in [0.2, 0.25) is 0 Å². The fourth-order valence-electron chi connectivity index (χ4n) is 5.74. The van der Waals surface area contributed by atoms with E-state index in [0.717, 1.165) is 62.0 Å². The molecule has 7 nitrogen and oxygen atoms in total. The highest BCUT2D eigenvalue weighted by Crippen LogP contribution is 2.39. The topological polar surface area (TPSA) is 82.1 Å². The summed E-state index contributed by atoms with van der Waals surface area (Å²) in [7, 11) is 3.22. The van der Waals surface area contributed by atoms with Gasteiger partial charge in [0.05, 0.1) is 20.8 Å². The summed E-state index contributed by atoms with van der Waals surface area (Å²) in [6.45, 7) is 4.92. The van der Waals surface area contributed by atoms with Gasteiger partial charge >= 0.3 is 5.97 Å². The monoisotopic (exact) mass is 521 g/mol. The molecule has 0 N–H and O–H groups in total. The molecule has 1 unspecified atom stereocenters. The Labute approximate surface area is 225 Å². The number of piperidine rings is 1. The Morgan fingerprint density at radius 2 is 1.74 bits per heavy atom. The molecule has 4 rings (SSSR count). The predicted molar refractivity (Wildman–Crippen MR) is 145 cm³/mol. The molecule has 2 aliphatic rings. The number of hydrogen-bond donors (Lipinski definition) is 0. The molecule has 7 heteroatoms. The van der Waals surface area contributed by atoms with E-state index in [1.807, 2.05) is 30.3 Å². The van der Waals surface area contributed by atoms with Crippen molar-refractivity contribution in [2.45, 2.75) is 58.4 Å². The SMILES string of the molecule is CCOC(=O)CCCC(=O)c1cccc(CN2CCC(CC3Cc4cc(OC)c(OC)cc4C3=O)CC2)c1. The van der Waals surface area contributed by atoms with E-state index >= 15 is 0 Å². The van der Waals surface area contributed by atoms with Crippen LogP contribution >= 0.6 is 0 Å². The molecule has 1 aliphatic heterocycles. The first-order valence-electron chi connectivity index (χ1n) is 13.7. The molecule has 1 fully saturated rings. The van der Waals surface area contributed by atoms with Gasteiger partial charge in [-0.05, 0) is 87.4 Å². The molecule has 2 aromatic carbocycles. The number of ketones is 2. The van der Waals surface area contributed by atoms with Crippen LogP contribution in [0.5, 0.6) is 11.5 Å². The van der Waals surface area contributed by atoms with Crippen molar-refractivity contribution in [3.63, 3.8) is 0 Å². The summed E-state index contributed by atoms with van der Waals surface area (Å²) in [6, 6.07) is 11.6. The Hall–Kier alpha value is -3.19. The molecule has 0 bridgehead atoms. The Bertz CT molecular complexity index is 1150. The molecule has 1 aliphatic carbocycles. The maximum atomic E-state index is 13.1. The first-order chi connectivity index (χ1) is 18.4. The summed E-state index contributed by atoms with van der Waals surface area (Å²) in [5, 5.41) is 0. The molecule has 2 aromatic rings. The van der Waals surface area contributed by atoms with Gasteiger partial charge in [-0.1, -0.05) is 18.2 Å². The summed E-state index contributed by atoms with van der Waals surface area (Å²) in [5.74, 6) is 1.89. The van der Waals surface area contributed by atoms with Gasteiger partial charge in [-0.2, -0.15) is 0 Å². The summed E-state index contributed by atoms with van der Waals surface area (Å²) in [4.78, 5) is 39.6. The summed E-state index contributed by atoms with van der Waals surface area (Å²) in [5.41, 5.74) is 3.67. The predicted octanol–water partition coefficient (Wildman–Crippen LogP) is 5.28. The lowest BCUT2D eigenvalue weighted by Crippen LogP contribution is -2.34. The van der Waals surface area contributed by atoms with E-state index in [4.69, 9.17) is 14.2 Å². The van der Waals surface area contributed by atoms with Gasteiger partial charge in [-0.3, -0.25) is 19.3 Å². The van der Waals surface area contributed by atoms with Crippen molar-refractivity contribution in [3.05, 3.63) is 58.7 Å². The fraction of sp³-hybridized carbons (Fsp3) is 0.516. The van der Waals surface area contributed by atoms with Crippen molar-refractivity contribution in [2.24, 2.45) is 11.8 Å². The van der Waals surface area contributed by atoms with Crippen molar-refractivity contribution in [3.8, 4) is 11.5 Å². The number of carbonyl (C=O) groups excluding carboxylic acids is 3. The zero-order valence-corrected chi connectivity index (χ0v) is 22.8. The van der Waals surface area contributed by atoms with Crippen molar-refractivity contribution in [2.75, 3.05) is 33.9 Å². The van der Waals surface area contributed by atoms with Crippen LogP contribution in [-0.4, -0.2) is 56.4 Å². The van der Waals surface area contributed by atoms with Crippen LogP contribution in [0.2, 0.25) is 0 Å². The number of benzene rings is 2. The van der Waals surface area contributed by atoms with Gasteiger partial charge in [0.25, 0.3) is 0 Å². The zero-order valence-electron chi connectivity index (χ0n) is 22.8. The molecule has 0 amide bonds. The van der Waals surface area contributed by atoms with Crippen LogP contribution in [0, 0.1) is 11.8 Å². The van der Waals surface area contributed by atoms with Crippen molar-refractivity contribution >= 4 is 17.5 Å². The highest BCUT2D eigenvalue weighted by molar-refractivity contribution is 6.03. The highest BCUT2D eigenvalue weighted by atomic mass is 16.5. The van der Waals surface area contributed by atoms with Crippen LogP contribution in [0.1, 0.15) is 77.3 Å². The number of carbonyl (C=O) groups is 3. The molecule has 204 valence electrons. The third kappa shape index (κ3) is 6.81. The molecule has 0 aromatic heterocycles. The molecule has 1 saturated heterocycles. The quantitative estimate of drug-likeness (QED) is 0.278. The third-order valence-corrected chi connectivity index (χ3v) is 7.78. The largest absolute Gasteiger partial charge is 0.493 e. The van der Waals surface area contributed by atoms with Crippen LogP contribution in [-0.2, 0) is 22.5 Å². The molecule has 0 spiro atoms. The number of hydrogen-bond acceptors (Lipinski definition) is 7. The number of nitrogens with zero attached hydrogens (tertiary/aromatic N) is 1. The first kappa shape index (κ1) is 27.8. The lowest BCUT2D eigenvalue weighted by Gasteiger charge is -2.33. The number of esters is 1. The third-order valence-electron chi connectivity index (χ3n) is 7.78. The number of fused-ring (bicyclic) bond motifs is 1. The molecular weight excluding hydrogens is 482 g/mol. The standard InChI is InChI=1S/C31H39NO6/c1-4-38-30(34)10-6-9-27(33)23-8-5-7-22(16-23)20-32-13-11-21(12-14-32)15-25-17-24-18-28(36-2)29(37-3)19-26(24)31(25)35/h5,7-8,16,18-19,21,25H,4,6,9-15,17,20H2,1-3H3. The molecule has 1 heterocycles. The second kappa shape index (κ2) is 13.1. The lowest BCUT2D eigenvalue weighted by atomic mass is 9.85. The number of Topliss-reactive ketones (excluding diaryl/α,β-unsaturated/α-hetero) is 2. The summed E-state index contributed by atoms with van der Waals surface area (Å²) < 4.78 is 15.7. The van der Waals surface area contributed by atoms with Gasteiger partial charge in [0, 0.05) is 36.4 Å². The highest BCUT2D eigenvalue weighted by Gasteiger charge is 2.34. The Morgan fingerprint density at radius 3 is 2.45 bits per heavy atom. The second-order valence-corrected chi connectivity index (χ2v) is 10.4. The summed E-state index contributed by atoms with van der Waals surface area (Å²) >= 11 is 0. The van der Waals surface area contributed by atoms with Crippen molar-refractivity contribution in [1.82, 2.24) is 4.90 Å². The average Bonchev–Trinajstić information content (AvgIpc) is 3.22. The number of methoxy groups -OCH3 is 2. The molecular formula is C31H39NO6. The van der Waals surface area contributed by atoms with Crippen LogP contribution < -0.4 is 9.47 Å². The van der Waals surface area contributed by atoms with Crippen LogP contribution in [0.3, 0.4) is 0 Å². The van der Waals surface area contributed by atoms with Gasteiger partial charge in [0.15, 0.2) is 23.1 Å². The van der Waals surface area contributed by atoms with E-state index in [9.17, 15) is 14.4 Å². The maximum Gasteiger partial charge on any atom is 0.305 e. The van der Waals surface area contributed by atoms with Gasteiger partial charge in [-0.25, -0.2) is 0 Å². The normalized spacial score (nSPS) is 17.8. The second-order valence-electron chi connectivity index (χ2n) is 10.4. The minimum absolute atomic E-state index is 0.0323. The number of likely N-dealkylation sites (tertiary alicyclic amines) is 1. The fourth-order valence-corrected chi connectivity index (χ4v) is 5.74. The molecule has 38 heavy (non-hydrogen) atoms. The van der Waals surface area contributed by atoms with Crippen molar-refractivity contribution < 1.29 is 28.6 Å². The van der Waals surface area contributed by atoms with Gasteiger partial charge < -0.3 is 14.2 Å². The lowest BCUT2D eigenvalue weighted by molar-refractivity contribution is -0.143. The van der Waals surface area contributed by atoms with E-state index < -0.39 is 0 Å². The van der Waals surface area contributed by atoms with E-state index in [2.05, 4.69) is 11.0 Å². The Morgan fingerprint density at radius 1 is 1.00 bits per heavy atom. The Balaban J connectivity index is 1.24.